The highest BCUT2D eigenvalue weighted by Gasteiger charge is 2.87. The first kappa shape index (κ1) is 21.1. The summed E-state index contributed by atoms with van der Waals surface area (Å²) in [7, 11) is 0. The number of nitrogens with zero attached hydrogens (tertiary/aromatic N) is 1. The zero-order valence-corrected chi connectivity index (χ0v) is 19.5. The fourth-order valence-corrected chi connectivity index (χ4v) is 7.39. The van der Waals surface area contributed by atoms with Gasteiger partial charge in [0.05, 0.1) is 27.6 Å². The van der Waals surface area contributed by atoms with E-state index in [1.54, 1.807) is 0 Å². The predicted octanol–water partition coefficient (Wildman–Crippen LogP) is 6.07. The van der Waals surface area contributed by atoms with E-state index in [-0.39, 0.29) is 16.0 Å². The minimum Gasteiger partial charge on any atom is -0.274 e. The Bertz CT molecular complexity index is 927. The Labute approximate surface area is 192 Å². The number of allylic oxidation sites excluding steroid dienone is 2. The monoisotopic (exact) mass is 499 g/mol. The highest BCUT2D eigenvalue weighted by Crippen LogP contribution is 2.77. The molecule has 0 aromatic heterocycles. The molecule has 9 heteroatoms. The van der Waals surface area contributed by atoms with Gasteiger partial charge in [-0.05, 0) is 30.0 Å². The van der Waals surface area contributed by atoms with Crippen LogP contribution in [0.2, 0.25) is 0 Å². The van der Waals surface area contributed by atoms with Gasteiger partial charge in [0.2, 0.25) is 11.8 Å². The minimum atomic E-state index is -1.92. The molecule has 0 spiro atoms. The Morgan fingerprint density at radius 2 is 1.39 bits per heavy atom. The summed E-state index contributed by atoms with van der Waals surface area (Å²) in [4.78, 5) is 24.4. The molecule has 2 aliphatic carbocycles. The van der Waals surface area contributed by atoms with E-state index in [1.165, 1.54) is 0 Å². The number of halogens is 6. The average molecular weight is 502 g/mol. The second kappa shape index (κ2) is 6.18. The number of anilines is 1. The standard InChI is InChI=1S/C19H15Cl6NO2/c1-7(2)9-5-4-8(3)10(6-9)26-15(27)11-12(16(26)28)18(23)14(21)13(20)17(11,22)19(18,24)25/h4-7,11-12H,1-3H3/t11-,12-,17+,18+/m1/s1. The van der Waals surface area contributed by atoms with Gasteiger partial charge >= 0.3 is 0 Å². The van der Waals surface area contributed by atoms with Crippen LogP contribution in [-0.4, -0.2) is 25.9 Å². The molecule has 28 heavy (non-hydrogen) atoms. The summed E-state index contributed by atoms with van der Waals surface area (Å²) in [5.74, 6) is -3.10. The number of amides is 2. The van der Waals surface area contributed by atoms with E-state index >= 15 is 0 Å². The lowest BCUT2D eigenvalue weighted by molar-refractivity contribution is -0.123. The molecule has 1 saturated carbocycles. The minimum absolute atomic E-state index is 0.0901. The molecular weight excluding hydrogens is 487 g/mol. The fraction of sp³-hybridized carbons (Fsp3) is 0.474. The number of fused-ring (bicyclic) bond motifs is 5. The Kier molecular flexibility index (Phi) is 4.66. The van der Waals surface area contributed by atoms with E-state index in [1.807, 2.05) is 39.0 Å². The number of hydrogen-bond acceptors (Lipinski definition) is 2. The molecule has 150 valence electrons. The maximum Gasteiger partial charge on any atom is 0.240 e. The molecule has 1 aromatic rings. The molecule has 3 nitrogen and oxygen atoms in total. The maximum absolute atomic E-state index is 13.4. The fourth-order valence-electron chi connectivity index (χ4n) is 4.46. The molecule has 2 fully saturated rings. The van der Waals surface area contributed by atoms with Gasteiger partial charge in [-0.25, -0.2) is 4.90 Å². The van der Waals surface area contributed by atoms with Gasteiger partial charge in [-0.15, -0.1) is 23.2 Å². The number of hydrogen-bond donors (Lipinski definition) is 0. The number of carbonyl (C=O) groups is 2. The molecule has 2 amide bonds. The largest absolute Gasteiger partial charge is 0.274 e. The third kappa shape index (κ3) is 2.11. The molecule has 0 radical (unpaired) electrons. The molecule has 1 saturated heterocycles. The number of alkyl halides is 4. The van der Waals surface area contributed by atoms with Gasteiger partial charge in [0.15, 0.2) is 4.33 Å². The van der Waals surface area contributed by atoms with Gasteiger partial charge in [0.1, 0.15) is 9.75 Å². The molecule has 3 aliphatic rings. The van der Waals surface area contributed by atoms with Gasteiger partial charge in [-0.3, -0.25) is 9.59 Å². The molecular formula is C19H15Cl6NO2. The molecule has 0 N–H and O–H groups in total. The molecule has 4 rings (SSSR count). The number of aryl methyl sites for hydroxylation is 1. The van der Waals surface area contributed by atoms with Crippen molar-refractivity contribution in [3.63, 3.8) is 0 Å². The highest BCUT2D eigenvalue weighted by molar-refractivity contribution is 6.67. The number of carbonyl (C=O) groups excluding carboxylic acids is 2. The topological polar surface area (TPSA) is 37.4 Å². The molecule has 1 heterocycles. The lowest BCUT2D eigenvalue weighted by Gasteiger charge is -2.34. The number of imide groups is 1. The first-order valence-electron chi connectivity index (χ1n) is 8.63. The van der Waals surface area contributed by atoms with Crippen LogP contribution in [0, 0.1) is 18.8 Å². The summed E-state index contributed by atoms with van der Waals surface area (Å²) in [5, 5.41) is -0.180. The first-order valence-corrected chi connectivity index (χ1v) is 10.9. The Hall–Kier alpha value is -0.160. The van der Waals surface area contributed by atoms with E-state index in [0.29, 0.717) is 5.69 Å². The summed E-state index contributed by atoms with van der Waals surface area (Å²) in [6, 6.07) is 5.65. The zero-order chi connectivity index (χ0) is 21.0. The second-order valence-corrected chi connectivity index (χ2v) is 11.1. The van der Waals surface area contributed by atoms with Gasteiger partial charge in [-0.1, -0.05) is 72.4 Å². The van der Waals surface area contributed by atoms with Gasteiger partial charge in [-0.2, -0.15) is 0 Å². The second-order valence-electron chi connectivity index (χ2n) is 7.79. The van der Waals surface area contributed by atoms with Crippen molar-refractivity contribution < 1.29 is 9.59 Å². The maximum atomic E-state index is 13.4. The van der Waals surface area contributed by atoms with E-state index in [0.717, 1.165) is 16.0 Å². The number of benzene rings is 1. The Morgan fingerprint density at radius 3 is 1.82 bits per heavy atom. The normalized spacial score (nSPS) is 36.1. The van der Waals surface area contributed by atoms with E-state index in [9.17, 15) is 9.59 Å². The van der Waals surface area contributed by atoms with Crippen LogP contribution < -0.4 is 4.90 Å². The van der Waals surface area contributed by atoms with Crippen LogP contribution in [0.1, 0.15) is 30.9 Å². The van der Waals surface area contributed by atoms with Crippen molar-refractivity contribution >= 4 is 87.1 Å². The van der Waals surface area contributed by atoms with Gasteiger partial charge < -0.3 is 0 Å². The van der Waals surface area contributed by atoms with Crippen molar-refractivity contribution in [3.8, 4) is 0 Å². The van der Waals surface area contributed by atoms with Crippen molar-refractivity contribution in [1.29, 1.82) is 0 Å². The van der Waals surface area contributed by atoms with Crippen LogP contribution >= 0.6 is 69.6 Å². The molecule has 1 aromatic carbocycles. The lowest BCUT2D eigenvalue weighted by atomic mass is 9.84. The SMILES string of the molecule is Cc1ccc(C(C)C)cc1N1C(=O)[C@H]2[C@H](C1=O)[C@]1(Cl)C(Cl)=C(Cl)[C@]2(Cl)C1(Cl)Cl. The highest BCUT2D eigenvalue weighted by atomic mass is 35.5. The predicted molar refractivity (Wildman–Crippen MR) is 115 cm³/mol. The van der Waals surface area contributed by atoms with Crippen molar-refractivity contribution in [3.05, 3.63) is 39.4 Å². The summed E-state index contributed by atoms with van der Waals surface area (Å²) >= 11 is 39.1. The van der Waals surface area contributed by atoms with E-state index < -0.39 is 37.7 Å². The molecule has 2 bridgehead atoms. The summed E-state index contributed by atoms with van der Waals surface area (Å²) in [5.41, 5.74) is 2.23. The van der Waals surface area contributed by atoms with Gasteiger partial charge in [0.25, 0.3) is 0 Å². The average Bonchev–Trinajstić information content (AvgIpc) is 3.00. The Morgan fingerprint density at radius 1 is 0.929 bits per heavy atom. The van der Waals surface area contributed by atoms with Crippen molar-refractivity contribution in [1.82, 2.24) is 0 Å². The van der Waals surface area contributed by atoms with Crippen molar-refractivity contribution in [2.24, 2.45) is 11.8 Å². The van der Waals surface area contributed by atoms with Crippen LogP contribution in [0.3, 0.4) is 0 Å². The molecule has 1 aliphatic heterocycles. The van der Waals surface area contributed by atoms with Crippen molar-refractivity contribution in [2.75, 3.05) is 4.90 Å². The third-order valence-corrected chi connectivity index (χ3v) is 10.3. The zero-order valence-electron chi connectivity index (χ0n) is 15.0. The lowest BCUT2D eigenvalue weighted by Crippen LogP contribution is -2.50. The summed E-state index contributed by atoms with van der Waals surface area (Å²) < 4.78 is -1.92. The van der Waals surface area contributed by atoms with Gasteiger partial charge in [0, 0.05) is 0 Å². The van der Waals surface area contributed by atoms with Crippen LogP contribution in [-0.2, 0) is 9.59 Å². The smallest absolute Gasteiger partial charge is 0.240 e. The number of rotatable bonds is 2. The van der Waals surface area contributed by atoms with Crippen LogP contribution in [0.25, 0.3) is 0 Å². The quantitative estimate of drug-likeness (QED) is 0.364. The molecule has 0 unspecified atom stereocenters. The van der Waals surface area contributed by atoms with E-state index in [2.05, 4.69) is 0 Å². The Balaban J connectivity index is 1.90. The third-order valence-electron chi connectivity index (χ3n) is 6.05. The van der Waals surface area contributed by atoms with Crippen LogP contribution in [0.4, 0.5) is 5.69 Å². The van der Waals surface area contributed by atoms with Crippen LogP contribution in [0.15, 0.2) is 28.3 Å². The summed E-state index contributed by atoms with van der Waals surface area (Å²) in [6.07, 6.45) is 0. The summed E-state index contributed by atoms with van der Waals surface area (Å²) in [6.45, 7) is 5.87. The van der Waals surface area contributed by atoms with Crippen molar-refractivity contribution in [2.45, 2.75) is 40.8 Å². The van der Waals surface area contributed by atoms with E-state index in [4.69, 9.17) is 69.6 Å². The molecule has 4 atom stereocenters. The first-order chi connectivity index (χ1) is 12.8. The van der Waals surface area contributed by atoms with Crippen LogP contribution in [0.5, 0.6) is 0 Å².